The zero-order valence-corrected chi connectivity index (χ0v) is 16.4. The predicted octanol–water partition coefficient (Wildman–Crippen LogP) is 2.59. The summed E-state index contributed by atoms with van der Waals surface area (Å²) < 4.78 is 4.72. The third-order valence-corrected chi connectivity index (χ3v) is 4.62. The lowest BCUT2D eigenvalue weighted by molar-refractivity contribution is -0.124. The summed E-state index contributed by atoms with van der Waals surface area (Å²) in [7, 11) is 0. The van der Waals surface area contributed by atoms with Crippen LogP contribution in [-0.4, -0.2) is 41.5 Å². The molecule has 0 saturated carbocycles. The van der Waals surface area contributed by atoms with Crippen molar-refractivity contribution in [1.29, 1.82) is 0 Å². The van der Waals surface area contributed by atoms with E-state index in [1.807, 2.05) is 36.4 Å². The normalized spacial score (nSPS) is 11.9. The van der Waals surface area contributed by atoms with Crippen LogP contribution in [0, 0.1) is 0 Å². The van der Waals surface area contributed by atoms with E-state index >= 15 is 0 Å². The number of benzene rings is 2. The number of halogens is 1. The summed E-state index contributed by atoms with van der Waals surface area (Å²) in [6.07, 6.45) is 0.564. The number of hydrogen-bond donors (Lipinski definition) is 4. The van der Waals surface area contributed by atoms with E-state index < -0.39 is 12.8 Å². The van der Waals surface area contributed by atoms with E-state index in [1.165, 1.54) is 0 Å². The Kier molecular flexibility index (Phi) is 7.24. The summed E-state index contributed by atoms with van der Waals surface area (Å²) >= 11 is 6.01. The number of rotatable bonds is 9. The maximum atomic E-state index is 12.8. The van der Waals surface area contributed by atoms with Crippen LogP contribution in [0.2, 0.25) is 5.02 Å². The van der Waals surface area contributed by atoms with Gasteiger partial charge < -0.3 is 25.5 Å². The van der Waals surface area contributed by atoms with E-state index in [1.54, 1.807) is 18.2 Å². The van der Waals surface area contributed by atoms with Crippen molar-refractivity contribution in [2.45, 2.75) is 18.9 Å². The first-order valence-corrected chi connectivity index (χ1v) is 9.51. The zero-order valence-electron chi connectivity index (χ0n) is 15.7. The lowest BCUT2D eigenvalue weighted by Crippen LogP contribution is -2.41. The van der Waals surface area contributed by atoms with Crippen LogP contribution in [0.4, 0.5) is 0 Å². The van der Waals surface area contributed by atoms with Crippen molar-refractivity contribution in [3.8, 4) is 0 Å². The molecule has 29 heavy (non-hydrogen) atoms. The van der Waals surface area contributed by atoms with Crippen LogP contribution in [0.1, 0.15) is 22.5 Å². The number of amides is 2. The molecule has 0 aliphatic carbocycles. The van der Waals surface area contributed by atoms with E-state index in [2.05, 4.69) is 15.6 Å². The van der Waals surface area contributed by atoms with Crippen LogP contribution in [0.25, 0.3) is 10.9 Å². The highest BCUT2D eigenvalue weighted by atomic mass is 35.5. The molecule has 1 atom stereocenters. The Hall–Kier alpha value is -2.87. The maximum Gasteiger partial charge on any atom is 0.267 e. The summed E-state index contributed by atoms with van der Waals surface area (Å²) in [6, 6.07) is 16.2. The summed E-state index contributed by atoms with van der Waals surface area (Å²) in [5.41, 5.74) is 2.20. The van der Waals surface area contributed by atoms with E-state index in [4.69, 9.17) is 21.4 Å². The van der Waals surface area contributed by atoms with E-state index in [9.17, 15) is 9.59 Å². The van der Waals surface area contributed by atoms with Crippen molar-refractivity contribution in [3.63, 3.8) is 0 Å². The number of carbonyl (C=O) groups is 2. The van der Waals surface area contributed by atoms with Crippen LogP contribution >= 0.6 is 11.6 Å². The molecule has 0 bridgehead atoms. The van der Waals surface area contributed by atoms with Crippen LogP contribution < -0.4 is 10.6 Å². The molecule has 4 N–H and O–H groups in total. The largest absolute Gasteiger partial charge is 0.371 e. The summed E-state index contributed by atoms with van der Waals surface area (Å²) in [5, 5.41) is 15.5. The molecule has 1 aromatic heterocycles. The third-order valence-electron chi connectivity index (χ3n) is 4.38. The number of ether oxygens (including phenoxy) is 1. The number of aromatic amines is 1. The molecule has 2 amide bonds. The lowest BCUT2D eigenvalue weighted by Gasteiger charge is -2.18. The topological polar surface area (TPSA) is 103 Å². The second-order valence-corrected chi connectivity index (χ2v) is 6.99. The first-order valence-electron chi connectivity index (χ1n) is 9.13. The molecule has 0 fully saturated rings. The van der Waals surface area contributed by atoms with E-state index in [0.717, 1.165) is 16.5 Å². The molecule has 0 radical (unpaired) electrons. The fourth-order valence-corrected chi connectivity index (χ4v) is 3.22. The molecular weight excluding hydrogens is 394 g/mol. The van der Waals surface area contributed by atoms with Gasteiger partial charge in [0.2, 0.25) is 5.91 Å². The molecule has 0 aliphatic heterocycles. The first kappa shape index (κ1) is 20.9. The Morgan fingerprint density at radius 2 is 1.93 bits per heavy atom. The Morgan fingerprint density at radius 1 is 1.14 bits per heavy atom. The van der Waals surface area contributed by atoms with Gasteiger partial charge in [0.05, 0.1) is 0 Å². The third kappa shape index (κ3) is 6.05. The van der Waals surface area contributed by atoms with Crippen molar-refractivity contribution in [2.75, 3.05) is 13.5 Å². The Bertz CT molecular complexity index is 974. The van der Waals surface area contributed by atoms with Gasteiger partial charge in [-0.15, -0.1) is 0 Å². The monoisotopic (exact) mass is 415 g/mol. The van der Waals surface area contributed by atoms with Crippen LogP contribution in [0.3, 0.4) is 0 Å². The van der Waals surface area contributed by atoms with Crippen molar-refractivity contribution < 1.29 is 19.4 Å². The molecule has 7 nitrogen and oxygen atoms in total. The molecule has 1 unspecified atom stereocenters. The van der Waals surface area contributed by atoms with Crippen molar-refractivity contribution in [1.82, 2.24) is 15.6 Å². The number of aliphatic hydroxyl groups excluding tert-OH is 1. The lowest BCUT2D eigenvalue weighted by atomic mass is 10.0. The van der Waals surface area contributed by atoms with Gasteiger partial charge in [0, 0.05) is 28.4 Å². The van der Waals surface area contributed by atoms with Gasteiger partial charge in [0.25, 0.3) is 5.91 Å². The van der Waals surface area contributed by atoms with E-state index in [0.29, 0.717) is 17.1 Å². The summed E-state index contributed by atoms with van der Waals surface area (Å²) in [6.45, 7) is -0.570. The number of nitrogens with one attached hydrogen (secondary N) is 3. The van der Waals surface area contributed by atoms with Crippen LogP contribution in [-0.2, 0) is 16.0 Å². The molecule has 0 spiro atoms. The number of aromatic nitrogens is 1. The van der Waals surface area contributed by atoms with Gasteiger partial charge in [-0.25, -0.2) is 0 Å². The van der Waals surface area contributed by atoms with Gasteiger partial charge in [-0.2, -0.15) is 0 Å². The Morgan fingerprint density at radius 3 is 2.69 bits per heavy atom. The summed E-state index contributed by atoms with van der Waals surface area (Å²) in [5.74, 6) is -0.597. The Balaban J connectivity index is 1.71. The van der Waals surface area contributed by atoms with Gasteiger partial charge in [-0.1, -0.05) is 41.9 Å². The van der Waals surface area contributed by atoms with Gasteiger partial charge in [0.15, 0.2) is 0 Å². The zero-order chi connectivity index (χ0) is 20.6. The van der Waals surface area contributed by atoms with E-state index in [-0.39, 0.29) is 25.0 Å². The first-order chi connectivity index (χ1) is 14.0. The highest BCUT2D eigenvalue weighted by Crippen LogP contribution is 2.20. The predicted molar refractivity (Wildman–Crippen MR) is 111 cm³/mol. The molecule has 3 aromatic rings. The molecule has 1 heterocycles. The molecule has 0 saturated heterocycles. The average molecular weight is 416 g/mol. The number of fused-ring (bicyclic) bond motifs is 1. The quantitative estimate of drug-likeness (QED) is 0.318. The second kappa shape index (κ2) is 10.1. The molecule has 3 rings (SSSR count). The van der Waals surface area contributed by atoms with Crippen LogP contribution in [0.15, 0.2) is 54.6 Å². The second-order valence-electron chi connectivity index (χ2n) is 6.56. The SMILES string of the molecule is O=C(CC(Cc1ccccc1)NC(=O)c1cc2cc(Cl)ccc2[nH]1)NCOCO. The van der Waals surface area contributed by atoms with Crippen molar-refractivity contribution in [3.05, 3.63) is 70.9 Å². The minimum atomic E-state index is -0.477. The summed E-state index contributed by atoms with van der Waals surface area (Å²) in [4.78, 5) is 28.0. The van der Waals surface area contributed by atoms with Crippen molar-refractivity contribution in [2.24, 2.45) is 0 Å². The molecular formula is C21H22ClN3O4. The standard InChI is InChI=1S/C21H22ClN3O4/c22-16-6-7-18-15(9-16)10-19(25-18)21(28)24-17(8-14-4-2-1-3-5-14)11-20(27)23-12-29-13-26/h1-7,9-10,17,25-26H,8,11-13H2,(H,23,27)(H,24,28). The van der Waals surface area contributed by atoms with Gasteiger partial charge >= 0.3 is 0 Å². The number of H-pyrrole nitrogens is 1. The fraction of sp³-hybridized carbons (Fsp3) is 0.238. The number of hydrogen-bond acceptors (Lipinski definition) is 4. The van der Waals surface area contributed by atoms with Gasteiger partial charge in [-0.3, -0.25) is 9.59 Å². The smallest absolute Gasteiger partial charge is 0.267 e. The highest BCUT2D eigenvalue weighted by molar-refractivity contribution is 6.31. The minimum Gasteiger partial charge on any atom is -0.371 e. The van der Waals surface area contributed by atoms with Crippen molar-refractivity contribution >= 4 is 34.3 Å². The number of aliphatic hydroxyl groups is 1. The fourth-order valence-electron chi connectivity index (χ4n) is 3.03. The molecule has 2 aromatic carbocycles. The highest BCUT2D eigenvalue weighted by Gasteiger charge is 2.19. The molecule has 0 aliphatic rings. The molecule has 8 heteroatoms. The maximum absolute atomic E-state index is 12.8. The number of carbonyl (C=O) groups excluding carboxylic acids is 2. The minimum absolute atomic E-state index is 0.0709. The Labute approximate surface area is 173 Å². The van der Waals surface area contributed by atoms with Gasteiger partial charge in [0.1, 0.15) is 19.2 Å². The average Bonchev–Trinajstić information content (AvgIpc) is 3.12. The van der Waals surface area contributed by atoms with Crippen LogP contribution in [0.5, 0.6) is 0 Å². The molecule has 152 valence electrons. The van der Waals surface area contributed by atoms with Gasteiger partial charge in [-0.05, 0) is 36.2 Å².